The van der Waals surface area contributed by atoms with Crippen LogP contribution in [0.25, 0.3) is 10.9 Å². The molecule has 0 atom stereocenters. The van der Waals surface area contributed by atoms with E-state index in [1.165, 1.54) is 4.68 Å². The molecule has 8 nitrogen and oxygen atoms in total. The second kappa shape index (κ2) is 7.51. The van der Waals surface area contributed by atoms with Crippen molar-refractivity contribution in [2.75, 3.05) is 45.9 Å². The van der Waals surface area contributed by atoms with Crippen molar-refractivity contribution in [1.29, 1.82) is 0 Å². The highest BCUT2D eigenvalue weighted by molar-refractivity contribution is 5.78. The maximum absolute atomic E-state index is 12.7. The van der Waals surface area contributed by atoms with Gasteiger partial charge in [0.05, 0.1) is 31.2 Å². The Labute approximate surface area is 151 Å². The van der Waals surface area contributed by atoms with Gasteiger partial charge in [0.1, 0.15) is 5.52 Å². The minimum absolute atomic E-state index is 0.00737. The first-order chi connectivity index (χ1) is 12.7. The molecule has 0 radical (unpaired) electrons. The number of likely N-dealkylation sites (tertiary alicyclic amines) is 1. The van der Waals surface area contributed by atoms with E-state index >= 15 is 0 Å². The summed E-state index contributed by atoms with van der Waals surface area (Å²) in [6, 6.07) is 7.25. The van der Waals surface area contributed by atoms with E-state index in [4.69, 9.17) is 4.74 Å². The van der Waals surface area contributed by atoms with Crippen molar-refractivity contribution in [3.05, 3.63) is 34.6 Å². The minimum Gasteiger partial charge on any atom is -0.379 e. The molecule has 0 saturated carbocycles. The first-order valence-corrected chi connectivity index (χ1v) is 9.14. The number of aromatic nitrogens is 3. The number of fused-ring (bicyclic) bond motifs is 1. The molecule has 0 spiro atoms. The zero-order valence-electron chi connectivity index (χ0n) is 14.7. The molecule has 0 unspecified atom stereocenters. The van der Waals surface area contributed by atoms with E-state index in [-0.39, 0.29) is 17.5 Å². The lowest BCUT2D eigenvalue weighted by molar-refractivity contribution is -0.134. The molecule has 2 aliphatic heterocycles. The van der Waals surface area contributed by atoms with Crippen LogP contribution < -0.4 is 5.56 Å². The van der Waals surface area contributed by atoms with Crippen molar-refractivity contribution in [3.8, 4) is 0 Å². The van der Waals surface area contributed by atoms with Gasteiger partial charge in [-0.1, -0.05) is 17.3 Å². The van der Waals surface area contributed by atoms with Gasteiger partial charge >= 0.3 is 0 Å². The fourth-order valence-corrected chi connectivity index (χ4v) is 3.65. The standard InChI is InChI=1S/C18H23N5O3/c24-17(13-21-9-11-26-12-10-21)22-7-5-14(6-8-22)23-18(25)15-3-1-2-4-16(15)19-20-23/h1-4,14H,5-13H2. The third kappa shape index (κ3) is 3.47. The lowest BCUT2D eigenvalue weighted by Gasteiger charge is -2.34. The third-order valence-corrected chi connectivity index (χ3v) is 5.22. The molecule has 1 aromatic heterocycles. The summed E-state index contributed by atoms with van der Waals surface area (Å²) in [4.78, 5) is 29.2. The zero-order chi connectivity index (χ0) is 17.9. The second-order valence-electron chi connectivity index (χ2n) is 6.86. The summed E-state index contributed by atoms with van der Waals surface area (Å²) in [6.07, 6.45) is 1.45. The number of nitrogens with zero attached hydrogens (tertiary/aromatic N) is 5. The molecule has 138 valence electrons. The Morgan fingerprint density at radius 3 is 2.62 bits per heavy atom. The Kier molecular flexibility index (Phi) is 4.94. The van der Waals surface area contributed by atoms with Crippen LogP contribution in [0.4, 0.5) is 0 Å². The number of morpholine rings is 1. The Morgan fingerprint density at radius 1 is 1.12 bits per heavy atom. The molecule has 0 N–H and O–H groups in total. The maximum Gasteiger partial charge on any atom is 0.277 e. The van der Waals surface area contributed by atoms with Gasteiger partial charge in [0.25, 0.3) is 5.56 Å². The van der Waals surface area contributed by atoms with Crippen molar-refractivity contribution in [2.45, 2.75) is 18.9 Å². The van der Waals surface area contributed by atoms with Crippen LogP contribution in [0.1, 0.15) is 18.9 Å². The molecule has 2 saturated heterocycles. The molecular weight excluding hydrogens is 334 g/mol. The van der Waals surface area contributed by atoms with E-state index in [2.05, 4.69) is 15.2 Å². The van der Waals surface area contributed by atoms with Crippen molar-refractivity contribution in [3.63, 3.8) is 0 Å². The topological polar surface area (TPSA) is 80.6 Å². The summed E-state index contributed by atoms with van der Waals surface area (Å²) in [7, 11) is 0. The zero-order valence-corrected chi connectivity index (χ0v) is 14.7. The summed E-state index contributed by atoms with van der Waals surface area (Å²) in [5.41, 5.74) is 0.514. The van der Waals surface area contributed by atoms with Crippen LogP contribution in [0.5, 0.6) is 0 Å². The molecule has 8 heteroatoms. The summed E-state index contributed by atoms with van der Waals surface area (Å²) in [5.74, 6) is 0.155. The molecule has 2 aromatic rings. The Balaban J connectivity index is 1.40. The number of amides is 1. The van der Waals surface area contributed by atoms with Gasteiger partial charge in [0, 0.05) is 26.2 Å². The number of carbonyl (C=O) groups excluding carboxylic acids is 1. The second-order valence-corrected chi connectivity index (χ2v) is 6.86. The first-order valence-electron chi connectivity index (χ1n) is 9.14. The van der Waals surface area contributed by atoms with Gasteiger partial charge in [-0.05, 0) is 25.0 Å². The number of ether oxygens (including phenoxy) is 1. The SMILES string of the molecule is O=C(CN1CCOCC1)N1CCC(n2nnc3ccccc3c2=O)CC1. The fourth-order valence-electron chi connectivity index (χ4n) is 3.65. The molecule has 3 heterocycles. The molecule has 1 aromatic carbocycles. The van der Waals surface area contributed by atoms with Gasteiger partial charge in [-0.25, -0.2) is 4.68 Å². The van der Waals surface area contributed by atoms with Crippen molar-refractivity contribution in [2.24, 2.45) is 0 Å². The minimum atomic E-state index is -0.103. The summed E-state index contributed by atoms with van der Waals surface area (Å²) >= 11 is 0. The number of carbonyl (C=O) groups is 1. The highest BCUT2D eigenvalue weighted by atomic mass is 16.5. The van der Waals surface area contributed by atoms with E-state index < -0.39 is 0 Å². The highest BCUT2D eigenvalue weighted by Gasteiger charge is 2.27. The summed E-state index contributed by atoms with van der Waals surface area (Å²) in [6.45, 7) is 4.75. The first kappa shape index (κ1) is 17.1. The van der Waals surface area contributed by atoms with Gasteiger partial charge < -0.3 is 9.64 Å². The van der Waals surface area contributed by atoms with Crippen LogP contribution in [-0.2, 0) is 9.53 Å². The maximum atomic E-state index is 12.7. The molecule has 0 aliphatic carbocycles. The van der Waals surface area contributed by atoms with Gasteiger partial charge in [-0.2, -0.15) is 0 Å². The van der Waals surface area contributed by atoms with E-state index in [9.17, 15) is 9.59 Å². The monoisotopic (exact) mass is 357 g/mol. The predicted octanol–water partition coefficient (Wildman–Crippen LogP) is 0.287. The van der Waals surface area contributed by atoms with Gasteiger partial charge in [-0.15, -0.1) is 5.10 Å². The summed E-state index contributed by atoms with van der Waals surface area (Å²) in [5, 5.41) is 8.88. The van der Waals surface area contributed by atoms with Crippen molar-refractivity contribution < 1.29 is 9.53 Å². The fraction of sp³-hybridized carbons (Fsp3) is 0.556. The number of hydrogen-bond acceptors (Lipinski definition) is 6. The molecule has 26 heavy (non-hydrogen) atoms. The Morgan fingerprint density at radius 2 is 1.85 bits per heavy atom. The van der Waals surface area contributed by atoms with E-state index in [1.54, 1.807) is 12.1 Å². The number of hydrogen-bond donors (Lipinski definition) is 0. The van der Waals surface area contributed by atoms with Crippen LogP contribution in [0, 0.1) is 0 Å². The van der Waals surface area contributed by atoms with Crippen molar-refractivity contribution >= 4 is 16.8 Å². The smallest absolute Gasteiger partial charge is 0.277 e. The number of rotatable bonds is 3. The Hall–Kier alpha value is -2.32. The van der Waals surface area contributed by atoms with Crippen LogP contribution in [0.3, 0.4) is 0 Å². The molecule has 2 aliphatic rings. The number of benzene rings is 1. The average Bonchev–Trinajstić information content (AvgIpc) is 2.69. The Bertz CT molecular complexity index is 838. The highest BCUT2D eigenvalue weighted by Crippen LogP contribution is 2.21. The van der Waals surface area contributed by atoms with E-state index in [1.807, 2.05) is 17.0 Å². The van der Waals surface area contributed by atoms with Crippen LogP contribution >= 0.6 is 0 Å². The van der Waals surface area contributed by atoms with Crippen LogP contribution in [-0.4, -0.2) is 76.6 Å². The quantitative estimate of drug-likeness (QED) is 0.785. The lowest BCUT2D eigenvalue weighted by Crippen LogP contribution is -2.47. The normalized spacial score (nSPS) is 19.8. The molecule has 1 amide bonds. The molecule has 0 bridgehead atoms. The van der Waals surface area contributed by atoms with E-state index in [0.29, 0.717) is 43.8 Å². The largest absolute Gasteiger partial charge is 0.379 e. The lowest BCUT2D eigenvalue weighted by atomic mass is 10.0. The van der Waals surface area contributed by atoms with Gasteiger partial charge in [0.15, 0.2) is 0 Å². The predicted molar refractivity (Wildman–Crippen MR) is 95.9 cm³/mol. The number of piperidine rings is 1. The van der Waals surface area contributed by atoms with E-state index in [0.717, 1.165) is 25.9 Å². The third-order valence-electron chi connectivity index (χ3n) is 5.22. The van der Waals surface area contributed by atoms with Crippen LogP contribution in [0.15, 0.2) is 29.1 Å². The van der Waals surface area contributed by atoms with Gasteiger partial charge in [0.2, 0.25) is 5.91 Å². The van der Waals surface area contributed by atoms with Crippen LogP contribution in [0.2, 0.25) is 0 Å². The average molecular weight is 357 g/mol. The molecule has 2 fully saturated rings. The van der Waals surface area contributed by atoms with Crippen molar-refractivity contribution in [1.82, 2.24) is 24.8 Å². The molecule has 4 rings (SSSR count). The summed E-state index contributed by atoms with van der Waals surface area (Å²) < 4.78 is 6.81. The van der Waals surface area contributed by atoms with Gasteiger partial charge in [-0.3, -0.25) is 14.5 Å². The molecular formula is C18H23N5O3.